The summed E-state index contributed by atoms with van der Waals surface area (Å²) in [6.45, 7) is 4.53. The Morgan fingerprint density at radius 3 is 2.42 bits per heavy atom. The van der Waals surface area contributed by atoms with Crippen LogP contribution in [0.3, 0.4) is 0 Å². The average Bonchev–Trinajstić information content (AvgIpc) is 3.57. The first-order valence-electron chi connectivity index (χ1n) is 10.5. The number of rotatable bonds is 10. The van der Waals surface area contributed by atoms with Crippen molar-refractivity contribution in [2.75, 3.05) is 18.4 Å². The highest BCUT2D eigenvalue weighted by Gasteiger charge is 2.31. The molecular formula is C24H29N3O4. The van der Waals surface area contributed by atoms with Crippen LogP contribution in [0.25, 0.3) is 0 Å². The number of hydrogen-bond acceptors (Lipinski definition) is 4. The number of aryl methyl sites for hydroxylation is 2. The van der Waals surface area contributed by atoms with Gasteiger partial charge in [0.1, 0.15) is 0 Å². The highest BCUT2D eigenvalue weighted by Crippen LogP contribution is 2.27. The molecule has 0 bridgehead atoms. The smallest absolute Gasteiger partial charge is 0.330 e. The molecule has 0 aromatic heterocycles. The number of carboxylic acid groups (broad SMARTS) is 1. The van der Waals surface area contributed by atoms with Crippen molar-refractivity contribution in [2.24, 2.45) is 0 Å². The molecule has 31 heavy (non-hydrogen) atoms. The average molecular weight is 424 g/mol. The molecule has 1 saturated carbocycles. The Morgan fingerprint density at radius 2 is 1.77 bits per heavy atom. The van der Waals surface area contributed by atoms with Crippen LogP contribution >= 0.6 is 0 Å². The van der Waals surface area contributed by atoms with Gasteiger partial charge in [0.05, 0.1) is 6.54 Å². The number of carbonyl (C=O) groups is 3. The third-order valence-corrected chi connectivity index (χ3v) is 5.39. The number of anilines is 1. The number of nitrogens with one attached hydrogen (secondary N) is 2. The van der Waals surface area contributed by atoms with Crippen molar-refractivity contribution in [2.45, 2.75) is 45.2 Å². The fourth-order valence-electron chi connectivity index (χ4n) is 3.49. The predicted molar refractivity (Wildman–Crippen MR) is 119 cm³/mol. The van der Waals surface area contributed by atoms with Crippen LogP contribution in [0, 0.1) is 13.8 Å². The van der Waals surface area contributed by atoms with Gasteiger partial charge in [0.15, 0.2) is 6.04 Å². The molecule has 2 amide bonds. The molecule has 7 heteroatoms. The first-order valence-corrected chi connectivity index (χ1v) is 10.5. The summed E-state index contributed by atoms with van der Waals surface area (Å²) in [5.41, 5.74) is 3.39. The Balaban J connectivity index is 1.54. The van der Waals surface area contributed by atoms with E-state index in [1.165, 1.54) is 0 Å². The number of nitrogens with zero attached hydrogens (tertiary/aromatic N) is 1. The third-order valence-electron chi connectivity index (χ3n) is 5.39. The van der Waals surface area contributed by atoms with E-state index in [0.717, 1.165) is 29.7 Å². The van der Waals surface area contributed by atoms with Crippen molar-refractivity contribution in [3.05, 3.63) is 65.2 Å². The van der Waals surface area contributed by atoms with E-state index < -0.39 is 12.0 Å². The Labute approximate surface area is 182 Å². The monoisotopic (exact) mass is 423 g/mol. The molecular weight excluding hydrogens is 394 g/mol. The molecule has 3 N–H and O–H groups in total. The topological polar surface area (TPSA) is 98.7 Å². The van der Waals surface area contributed by atoms with Crippen LogP contribution in [-0.2, 0) is 14.4 Å². The molecule has 1 unspecified atom stereocenters. The molecule has 7 nitrogen and oxygen atoms in total. The van der Waals surface area contributed by atoms with Gasteiger partial charge in [-0.3, -0.25) is 14.5 Å². The van der Waals surface area contributed by atoms with E-state index in [0.29, 0.717) is 18.2 Å². The lowest BCUT2D eigenvalue weighted by molar-refractivity contribution is -0.142. The summed E-state index contributed by atoms with van der Waals surface area (Å²) in [5, 5.41) is 15.0. The molecule has 0 spiro atoms. The zero-order chi connectivity index (χ0) is 22.4. The fraction of sp³-hybridized carbons (Fsp3) is 0.375. The van der Waals surface area contributed by atoms with E-state index in [2.05, 4.69) is 10.6 Å². The number of benzene rings is 2. The number of hydrogen-bond donors (Lipinski definition) is 3. The summed E-state index contributed by atoms with van der Waals surface area (Å²) >= 11 is 0. The molecule has 0 radical (unpaired) electrons. The first kappa shape index (κ1) is 22.5. The Morgan fingerprint density at radius 1 is 1.06 bits per heavy atom. The second kappa shape index (κ2) is 10.2. The van der Waals surface area contributed by atoms with Crippen LogP contribution in [0.5, 0.6) is 0 Å². The largest absolute Gasteiger partial charge is 0.479 e. The van der Waals surface area contributed by atoms with Gasteiger partial charge < -0.3 is 15.7 Å². The minimum absolute atomic E-state index is 0.117. The SMILES string of the molecule is Cc1ccc(C)c(NC(=O)CN(CCC(=O)NC(C(=O)O)c2ccccc2)C2CC2)c1. The Hall–Kier alpha value is -3.19. The van der Waals surface area contributed by atoms with E-state index in [9.17, 15) is 19.5 Å². The molecule has 1 fully saturated rings. The second-order valence-electron chi connectivity index (χ2n) is 8.07. The van der Waals surface area contributed by atoms with Crippen molar-refractivity contribution in [1.29, 1.82) is 0 Å². The molecule has 1 aliphatic rings. The standard InChI is InChI=1S/C24H29N3O4/c1-16-8-9-17(2)20(14-16)25-22(29)15-27(19-10-11-19)13-12-21(28)26-23(24(30)31)18-6-4-3-5-7-18/h3-9,14,19,23H,10-13,15H2,1-2H3,(H,25,29)(H,26,28)(H,30,31). The molecule has 0 aliphatic heterocycles. The molecule has 0 saturated heterocycles. The van der Waals surface area contributed by atoms with Gasteiger partial charge in [-0.1, -0.05) is 42.5 Å². The van der Waals surface area contributed by atoms with Crippen LogP contribution in [0.15, 0.2) is 48.5 Å². The number of carboxylic acids is 1. The molecule has 3 rings (SSSR count). The lowest BCUT2D eigenvalue weighted by atomic mass is 10.1. The summed E-state index contributed by atoms with van der Waals surface area (Å²) in [7, 11) is 0. The highest BCUT2D eigenvalue weighted by atomic mass is 16.4. The van der Waals surface area contributed by atoms with Gasteiger partial charge in [-0.05, 0) is 49.4 Å². The Kier molecular flexibility index (Phi) is 7.41. The normalized spacial score (nSPS) is 14.2. The van der Waals surface area contributed by atoms with Gasteiger partial charge in [0.2, 0.25) is 11.8 Å². The van der Waals surface area contributed by atoms with Gasteiger partial charge >= 0.3 is 5.97 Å². The van der Waals surface area contributed by atoms with Crippen LogP contribution in [0.1, 0.15) is 42.0 Å². The van der Waals surface area contributed by atoms with Crippen LogP contribution < -0.4 is 10.6 Å². The summed E-state index contributed by atoms with van der Waals surface area (Å²) in [6, 6.07) is 13.7. The molecule has 1 aliphatic carbocycles. The summed E-state index contributed by atoms with van der Waals surface area (Å²) in [4.78, 5) is 38.6. The van der Waals surface area contributed by atoms with E-state index in [-0.39, 0.29) is 24.8 Å². The van der Waals surface area contributed by atoms with Crippen molar-refractivity contribution >= 4 is 23.5 Å². The number of amides is 2. The number of carbonyl (C=O) groups excluding carboxylic acids is 2. The van der Waals surface area contributed by atoms with Gasteiger partial charge in [-0.15, -0.1) is 0 Å². The zero-order valence-corrected chi connectivity index (χ0v) is 17.9. The second-order valence-corrected chi connectivity index (χ2v) is 8.07. The lowest BCUT2D eigenvalue weighted by Crippen LogP contribution is -2.39. The predicted octanol–water partition coefficient (Wildman–Crippen LogP) is 3.04. The maximum atomic E-state index is 12.6. The Bertz CT molecular complexity index is 941. The van der Waals surface area contributed by atoms with Crippen LogP contribution in [0.2, 0.25) is 0 Å². The van der Waals surface area contributed by atoms with Crippen LogP contribution in [0.4, 0.5) is 5.69 Å². The maximum absolute atomic E-state index is 12.6. The van der Waals surface area contributed by atoms with Crippen molar-refractivity contribution in [3.63, 3.8) is 0 Å². The highest BCUT2D eigenvalue weighted by molar-refractivity contribution is 5.93. The summed E-state index contributed by atoms with van der Waals surface area (Å²) in [6.07, 6.45) is 2.13. The molecule has 164 valence electrons. The number of aliphatic carboxylic acids is 1. The fourth-order valence-corrected chi connectivity index (χ4v) is 3.49. The minimum Gasteiger partial charge on any atom is -0.479 e. The maximum Gasteiger partial charge on any atom is 0.330 e. The van der Waals surface area contributed by atoms with Gasteiger partial charge in [-0.25, -0.2) is 4.79 Å². The van der Waals surface area contributed by atoms with Crippen LogP contribution in [-0.4, -0.2) is 46.9 Å². The van der Waals surface area contributed by atoms with Crippen molar-refractivity contribution in [1.82, 2.24) is 10.2 Å². The summed E-state index contributed by atoms with van der Waals surface area (Å²) < 4.78 is 0. The van der Waals surface area contributed by atoms with Crippen molar-refractivity contribution < 1.29 is 19.5 Å². The molecule has 0 heterocycles. The molecule has 2 aromatic carbocycles. The summed E-state index contributed by atoms with van der Waals surface area (Å²) in [5.74, 6) is -1.57. The quantitative estimate of drug-likeness (QED) is 0.546. The minimum atomic E-state index is -1.11. The van der Waals surface area contributed by atoms with E-state index in [4.69, 9.17) is 0 Å². The van der Waals surface area contributed by atoms with Gasteiger partial charge in [0.25, 0.3) is 0 Å². The van der Waals surface area contributed by atoms with Crippen molar-refractivity contribution in [3.8, 4) is 0 Å². The zero-order valence-electron chi connectivity index (χ0n) is 17.9. The molecule has 1 atom stereocenters. The van der Waals surface area contributed by atoms with Gasteiger partial charge in [0, 0.05) is 24.7 Å². The van der Waals surface area contributed by atoms with Gasteiger partial charge in [-0.2, -0.15) is 0 Å². The lowest BCUT2D eigenvalue weighted by Gasteiger charge is -2.22. The first-order chi connectivity index (χ1) is 14.8. The molecule has 2 aromatic rings. The van der Waals surface area contributed by atoms with E-state index >= 15 is 0 Å². The van der Waals surface area contributed by atoms with E-state index in [1.54, 1.807) is 30.3 Å². The van der Waals surface area contributed by atoms with E-state index in [1.807, 2.05) is 36.9 Å². The third kappa shape index (κ3) is 6.65.